The number of rotatable bonds is 0. The molecule has 0 saturated heterocycles. The molecule has 0 unspecified atom stereocenters. The average molecular weight is 344 g/mol. The van der Waals surface area contributed by atoms with Crippen LogP contribution in [-0.2, 0) is 5.41 Å². The minimum absolute atomic E-state index is 0. The van der Waals surface area contributed by atoms with E-state index in [9.17, 15) is 0 Å². The molecule has 0 radical (unpaired) electrons. The first-order chi connectivity index (χ1) is 6.09. The van der Waals surface area contributed by atoms with Gasteiger partial charge in [0.05, 0.1) is 0 Å². The van der Waals surface area contributed by atoms with Gasteiger partial charge in [-0.25, -0.2) is 11.2 Å². The van der Waals surface area contributed by atoms with Gasteiger partial charge >= 0.3 is 116 Å². The topological polar surface area (TPSA) is 30.2 Å². The maximum Gasteiger partial charge on any atom is 1.00 e. The zero-order valence-electron chi connectivity index (χ0n) is 10.00. The fourth-order valence-corrected chi connectivity index (χ4v) is 1.22. The molecule has 68 valence electrons. The monoisotopic (exact) mass is 343 g/mol. The maximum atomic E-state index is 4.17. The van der Waals surface area contributed by atoms with E-state index in [0.29, 0.717) is 0 Å². The molecule has 0 fully saturated rings. The third-order valence-electron chi connectivity index (χ3n) is 1.88. The van der Waals surface area contributed by atoms with Crippen molar-refractivity contribution >= 4 is 5.65 Å². The Labute approximate surface area is 188 Å². The first-order valence-corrected chi connectivity index (χ1v) is 4.22. The molecule has 0 aromatic carbocycles. The summed E-state index contributed by atoms with van der Waals surface area (Å²) in [6, 6.07) is 4.69. The van der Waals surface area contributed by atoms with E-state index in [1.165, 1.54) is 0 Å². The van der Waals surface area contributed by atoms with E-state index in [0.717, 1.165) is 11.3 Å². The Morgan fingerprint density at radius 3 is 2.53 bits per heavy atom. The molecule has 0 N–H and O–H groups in total. The second kappa shape index (κ2) is 6.98. The van der Waals surface area contributed by atoms with Gasteiger partial charge < -0.3 is 9.50 Å². The summed E-state index contributed by atoms with van der Waals surface area (Å²) in [4.78, 5) is 4.13. The smallest absolute Gasteiger partial charge is 0.435 e. The Hall–Kier alpha value is 2.23. The van der Waals surface area contributed by atoms with Crippen LogP contribution < -0.4 is 116 Å². The van der Waals surface area contributed by atoms with Gasteiger partial charge in [0.15, 0.2) is 0 Å². The van der Waals surface area contributed by atoms with E-state index in [1.807, 2.05) is 0 Å². The normalized spacial score (nSPS) is 10.6. The number of imidazole rings is 1. The van der Waals surface area contributed by atoms with Gasteiger partial charge in [-0.3, -0.25) is 0 Å². The number of aromatic nitrogens is 3. The van der Waals surface area contributed by atoms with Crippen molar-refractivity contribution < 1.29 is 116 Å². The summed E-state index contributed by atoms with van der Waals surface area (Å²) < 4.78 is 1.80. The summed E-state index contributed by atoms with van der Waals surface area (Å²) in [5.74, 6) is 0. The van der Waals surface area contributed by atoms with Crippen LogP contribution in [0.5, 0.6) is 0 Å². The quantitative estimate of drug-likeness (QED) is 0.452. The summed E-state index contributed by atoms with van der Waals surface area (Å²) in [7, 11) is 0. The minimum Gasteiger partial charge on any atom is -0.435 e. The first kappa shape index (κ1) is 17.2. The van der Waals surface area contributed by atoms with Crippen LogP contribution in [0.1, 0.15) is 26.5 Å². The third-order valence-corrected chi connectivity index (χ3v) is 1.88. The number of hydrogen-bond donors (Lipinski definition) is 0. The molecule has 2 rings (SSSR count). The van der Waals surface area contributed by atoms with Crippen LogP contribution in [0, 0.1) is 12.3 Å². The molecule has 0 saturated carbocycles. The van der Waals surface area contributed by atoms with Gasteiger partial charge in [0.1, 0.15) is 0 Å². The predicted octanol–water partition coefficient (Wildman–Crippen LogP) is -4.36. The predicted molar refractivity (Wildman–Crippen MR) is 49.4 cm³/mol. The molecule has 3 nitrogen and oxygen atoms in total. The molecule has 2 aromatic heterocycles. The summed E-state index contributed by atoms with van der Waals surface area (Å²) in [6.45, 7) is 6.35. The number of hydrogen-bond acceptors (Lipinski definition) is 2. The van der Waals surface area contributed by atoms with Crippen LogP contribution in [0.4, 0.5) is 0 Å². The molecule has 0 aliphatic rings. The van der Waals surface area contributed by atoms with Gasteiger partial charge in [-0.2, -0.15) is 6.07 Å². The van der Waals surface area contributed by atoms with E-state index in [1.54, 1.807) is 16.8 Å². The fourth-order valence-electron chi connectivity index (χ4n) is 1.22. The first-order valence-electron chi connectivity index (χ1n) is 4.22. The zero-order valence-corrected chi connectivity index (χ0v) is 19.8. The maximum absolute atomic E-state index is 4.17. The zero-order chi connectivity index (χ0) is 9.47. The van der Waals surface area contributed by atoms with E-state index >= 15 is 0 Å². The van der Waals surface area contributed by atoms with Crippen molar-refractivity contribution in [2.45, 2.75) is 26.2 Å². The Bertz CT molecular complexity index is 431. The molecule has 5 heteroatoms. The summed E-state index contributed by atoms with van der Waals surface area (Å²) in [6.07, 6.45) is 4.62. The standard InChI is InChI=1S/C10H11N3.2Rb/c1-10(2,3)8-7-11-9-5-4-6-12-13(8)9;;/h5-6H,1-3H3;;/q-2;2*+1. The molecule has 0 aliphatic carbocycles. The van der Waals surface area contributed by atoms with E-state index in [4.69, 9.17) is 0 Å². The van der Waals surface area contributed by atoms with Crippen LogP contribution in [0.3, 0.4) is 0 Å². The number of nitrogens with zero attached hydrogens (tertiary/aromatic N) is 3. The molecule has 0 spiro atoms. The van der Waals surface area contributed by atoms with Crippen LogP contribution in [-0.4, -0.2) is 14.6 Å². The van der Waals surface area contributed by atoms with Crippen LogP contribution in [0.2, 0.25) is 0 Å². The molecule has 0 bridgehead atoms. The largest absolute Gasteiger partial charge is 1.00 e. The van der Waals surface area contributed by atoms with Crippen LogP contribution >= 0.6 is 0 Å². The van der Waals surface area contributed by atoms with Crippen molar-refractivity contribution in [2.24, 2.45) is 0 Å². The fraction of sp³-hybridized carbons (Fsp3) is 0.400. The van der Waals surface area contributed by atoms with Crippen LogP contribution in [0.15, 0.2) is 12.3 Å². The molecule has 15 heavy (non-hydrogen) atoms. The van der Waals surface area contributed by atoms with E-state index in [2.05, 4.69) is 43.1 Å². The van der Waals surface area contributed by atoms with Crippen molar-refractivity contribution in [3.63, 3.8) is 0 Å². The minimum atomic E-state index is 0. The van der Waals surface area contributed by atoms with Gasteiger partial charge in [0.25, 0.3) is 0 Å². The van der Waals surface area contributed by atoms with E-state index in [-0.39, 0.29) is 122 Å². The van der Waals surface area contributed by atoms with Crippen molar-refractivity contribution in [3.8, 4) is 0 Å². The van der Waals surface area contributed by atoms with Crippen molar-refractivity contribution in [1.29, 1.82) is 0 Å². The summed E-state index contributed by atoms with van der Waals surface area (Å²) in [5.41, 5.74) is 1.82. The Morgan fingerprint density at radius 2 is 1.93 bits per heavy atom. The molecule has 2 aromatic rings. The van der Waals surface area contributed by atoms with Gasteiger partial charge in [-0.15, -0.1) is 6.20 Å². The molecule has 0 aliphatic heterocycles. The van der Waals surface area contributed by atoms with Crippen molar-refractivity contribution in [2.75, 3.05) is 0 Å². The second-order valence-electron chi connectivity index (χ2n) is 4.05. The third kappa shape index (κ3) is 4.12. The molecule has 2 heterocycles. The van der Waals surface area contributed by atoms with Gasteiger partial charge in [0, 0.05) is 0 Å². The van der Waals surface area contributed by atoms with Crippen LogP contribution in [0.25, 0.3) is 5.65 Å². The summed E-state index contributed by atoms with van der Waals surface area (Å²) >= 11 is 0. The second-order valence-corrected chi connectivity index (χ2v) is 4.05. The molecule has 0 amide bonds. The Balaban J connectivity index is 0.000000980. The van der Waals surface area contributed by atoms with Crippen molar-refractivity contribution in [3.05, 3.63) is 30.2 Å². The Kier molecular flexibility index (Phi) is 8.01. The summed E-state index contributed by atoms with van der Waals surface area (Å²) in [5, 5.41) is 4.17. The molecule has 0 atom stereocenters. The molecular formula is C10H11N3Rb2. The van der Waals surface area contributed by atoms with E-state index < -0.39 is 0 Å². The van der Waals surface area contributed by atoms with Crippen molar-refractivity contribution in [1.82, 2.24) is 14.6 Å². The van der Waals surface area contributed by atoms with Gasteiger partial charge in [0.2, 0.25) is 0 Å². The molecular weight excluding hydrogens is 333 g/mol. The van der Waals surface area contributed by atoms with Gasteiger partial charge in [-0.1, -0.05) is 20.8 Å². The SMILES string of the molecule is CC(C)(C)c1[c-]nc2c[c-]cnn12.[Rb+].[Rb+]. The number of fused-ring (bicyclic) bond motifs is 1. The Morgan fingerprint density at radius 1 is 1.27 bits per heavy atom. The van der Waals surface area contributed by atoms with Gasteiger partial charge in [-0.05, 0) is 23.0 Å². The average Bonchev–Trinajstić information content (AvgIpc) is 2.45.